The van der Waals surface area contributed by atoms with Crippen LogP contribution in [0.1, 0.15) is 19.8 Å². The second-order valence-electron chi connectivity index (χ2n) is 2.38. The van der Waals surface area contributed by atoms with Crippen molar-refractivity contribution in [1.29, 1.82) is 0 Å². The Hall–Kier alpha value is -0.390. The highest BCUT2D eigenvalue weighted by Crippen LogP contribution is 2.22. The fraction of sp³-hybridized carbons (Fsp3) is 1.00. The second kappa shape index (κ2) is 4.02. The van der Waals surface area contributed by atoms with Crippen molar-refractivity contribution < 1.29 is 26.7 Å². The summed E-state index contributed by atoms with van der Waals surface area (Å²) < 4.78 is 61.8. The minimum atomic E-state index is -4.30. The van der Waals surface area contributed by atoms with Crippen LogP contribution in [0.2, 0.25) is 0 Å². The Labute approximate surface area is 66.5 Å². The van der Waals surface area contributed by atoms with Gasteiger partial charge in [0.05, 0.1) is 6.61 Å². The molecular weight excluding hydrogens is 183 g/mol. The summed E-state index contributed by atoms with van der Waals surface area (Å²) in [6.45, 7) is -0.0937. The van der Waals surface area contributed by atoms with Gasteiger partial charge in [0, 0.05) is 13.3 Å². The molecule has 0 aliphatic carbocycles. The minimum absolute atomic E-state index is 0.438. The van der Waals surface area contributed by atoms with Crippen LogP contribution >= 0.6 is 0 Å². The van der Waals surface area contributed by atoms with Crippen molar-refractivity contribution >= 4 is 0 Å². The Kier molecular flexibility index (Phi) is 3.89. The van der Waals surface area contributed by atoms with Crippen LogP contribution in [0.5, 0.6) is 0 Å². The van der Waals surface area contributed by atoms with E-state index in [9.17, 15) is 22.0 Å². The van der Waals surface area contributed by atoms with E-state index in [1.165, 1.54) is 0 Å². The Morgan fingerprint density at radius 2 is 1.58 bits per heavy atom. The van der Waals surface area contributed by atoms with Gasteiger partial charge < -0.3 is 4.74 Å². The van der Waals surface area contributed by atoms with Crippen molar-refractivity contribution in [2.24, 2.45) is 0 Å². The van der Waals surface area contributed by atoms with Gasteiger partial charge >= 0.3 is 12.3 Å². The van der Waals surface area contributed by atoms with Gasteiger partial charge in [0.1, 0.15) is 0 Å². The molecule has 74 valence electrons. The molecule has 0 N–H and O–H groups in total. The summed E-state index contributed by atoms with van der Waals surface area (Å²) in [4.78, 5) is 0. The molecule has 0 aromatic carbocycles. The number of hydrogen-bond donors (Lipinski definition) is 0. The summed E-state index contributed by atoms with van der Waals surface area (Å²) in [6.07, 6.45) is -9.17. The molecule has 1 nitrogen and oxygen atoms in total. The Balaban J connectivity index is 3.35. The van der Waals surface area contributed by atoms with Crippen LogP contribution in [0.25, 0.3) is 0 Å². The van der Waals surface area contributed by atoms with Crippen LogP contribution in [0.4, 0.5) is 22.0 Å². The highest BCUT2D eigenvalue weighted by Gasteiger charge is 2.27. The van der Waals surface area contributed by atoms with Gasteiger partial charge in [0.2, 0.25) is 0 Å². The Bertz CT molecular complexity index is 109. The molecule has 6 heteroatoms. The van der Waals surface area contributed by atoms with Gasteiger partial charge in [-0.15, -0.1) is 0 Å². The number of rotatable bonds is 4. The quantitative estimate of drug-likeness (QED) is 0.491. The first-order valence-electron chi connectivity index (χ1n) is 3.29. The van der Waals surface area contributed by atoms with E-state index in [0.29, 0.717) is 6.92 Å². The van der Waals surface area contributed by atoms with Gasteiger partial charge in [-0.25, -0.2) is 0 Å². The van der Waals surface area contributed by atoms with Gasteiger partial charge in [0.15, 0.2) is 0 Å². The molecule has 12 heavy (non-hydrogen) atoms. The lowest BCUT2D eigenvalue weighted by atomic mass is 10.3. The molecule has 0 aromatic rings. The number of hydrogen-bond acceptors (Lipinski definition) is 1. The van der Waals surface area contributed by atoms with Crippen LogP contribution in [-0.2, 0) is 4.74 Å². The van der Waals surface area contributed by atoms with E-state index in [1.807, 2.05) is 0 Å². The first kappa shape index (κ1) is 11.6. The van der Waals surface area contributed by atoms with E-state index in [2.05, 4.69) is 4.74 Å². The molecule has 0 aromatic heterocycles. The highest BCUT2D eigenvalue weighted by molar-refractivity contribution is 4.50. The molecule has 0 radical (unpaired) electrons. The number of ether oxygens (including phenoxy) is 1. The maximum atomic E-state index is 11.8. The van der Waals surface area contributed by atoms with Crippen molar-refractivity contribution in [3.8, 4) is 0 Å². The maximum absolute atomic E-state index is 11.8. The third-order valence-corrected chi connectivity index (χ3v) is 0.960. The average molecular weight is 192 g/mol. The van der Waals surface area contributed by atoms with Gasteiger partial charge in [-0.3, -0.25) is 0 Å². The number of alkyl halides is 5. The van der Waals surface area contributed by atoms with E-state index in [4.69, 9.17) is 0 Å². The van der Waals surface area contributed by atoms with Crippen molar-refractivity contribution in [3.63, 3.8) is 0 Å². The van der Waals surface area contributed by atoms with Gasteiger partial charge in [0.25, 0.3) is 0 Å². The van der Waals surface area contributed by atoms with Crippen LogP contribution in [0.15, 0.2) is 0 Å². The summed E-state index contributed by atoms with van der Waals surface area (Å²) in [6, 6.07) is 0. The first-order valence-corrected chi connectivity index (χ1v) is 3.29. The van der Waals surface area contributed by atoms with Crippen molar-refractivity contribution in [3.05, 3.63) is 0 Å². The fourth-order valence-electron chi connectivity index (χ4n) is 0.524. The molecule has 0 spiro atoms. The highest BCUT2D eigenvalue weighted by atomic mass is 19.4. The summed E-state index contributed by atoms with van der Waals surface area (Å²) in [5.41, 5.74) is 0. The molecule has 0 unspecified atom stereocenters. The summed E-state index contributed by atoms with van der Waals surface area (Å²) >= 11 is 0. The van der Waals surface area contributed by atoms with E-state index in [1.54, 1.807) is 0 Å². The van der Waals surface area contributed by atoms with E-state index in [-0.39, 0.29) is 0 Å². The smallest absolute Gasteiger partial charge is 0.321 e. The monoisotopic (exact) mass is 192 g/mol. The largest absolute Gasteiger partial charge is 0.389 e. The molecule has 0 heterocycles. The van der Waals surface area contributed by atoms with Crippen LogP contribution in [0.3, 0.4) is 0 Å². The molecule has 0 saturated heterocycles. The van der Waals surface area contributed by atoms with E-state index < -0.39 is 31.7 Å². The molecule has 0 amide bonds. The zero-order valence-electron chi connectivity index (χ0n) is 6.42. The standard InChI is InChI=1S/C6H9F5O/c1-5(7,8)12-4-2-3-6(9,10)11/h2-4H2,1H3. The molecule has 0 fully saturated rings. The van der Waals surface area contributed by atoms with Crippen LogP contribution in [-0.4, -0.2) is 18.9 Å². The first-order chi connectivity index (χ1) is 5.21. The lowest BCUT2D eigenvalue weighted by Crippen LogP contribution is -2.17. The summed E-state index contributed by atoms with van der Waals surface area (Å²) in [7, 11) is 0. The summed E-state index contributed by atoms with van der Waals surface area (Å²) in [5.74, 6) is 0. The van der Waals surface area contributed by atoms with E-state index >= 15 is 0 Å². The maximum Gasteiger partial charge on any atom is 0.389 e. The van der Waals surface area contributed by atoms with Crippen LogP contribution < -0.4 is 0 Å². The fourth-order valence-corrected chi connectivity index (χ4v) is 0.524. The molecule has 0 aliphatic heterocycles. The zero-order valence-corrected chi connectivity index (χ0v) is 6.42. The van der Waals surface area contributed by atoms with Gasteiger partial charge in [-0.2, -0.15) is 22.0 Å². The Morgan fingerprint density at radius 1 is 1.08 bits per heavy atom. The third kappa shape index (κ3) is 9.61. The van der Waals surface area contributed by atoms with Gasteiger partial charge in [-0.1, -0.05) is 0 Å². The lowest BCUT2D eigenvalue weighted by Gasteiger charge is -2.11. The molecule has 0 saturated carbocycles. The zero-order chi connectivity index (χ0) is 9.83. The molecule has 0 bridgehead atoms. The Morgan fingerprint density at radius 3 is 1.92 bits per heavy atom. The van der Waals surface area contributed by atoms with Crippen LogP contribution in [0, 0.1) is 0 Å². The predicted octanol–water partition coefficient (Wildman–Crippen LogP) is 2.96. The van der Waals surface area contributed by atoms with Crippen molar-refractivity contribution in [2.45, 2.75) is 32.1 Å². The normalized spacial score (nSPS) is 13.5. The molecular formula is C6H9F5O. The van der Waals surface area contributed by atoms with Crippen molar-refractivity contribution in [2.75, 3.05) is 6.61 Å². The molecule has 0 atom stereocenters. The molecule has 0 aliphatic rings. The lowest BCUT2D eigenvalue weighted by molar-refractivity contribution is -0.228. The number of halogens is 5. The van der Waals surface area contributed by atoms with Crippen molar-refractivity contribution in [1.82, 2.24) is 0 Å². The topological polar surface area (TPSA) is 9.23 Å². The SMILES string of the molecule is CC(F)(F)OCCCC(F)(F)F. The predicted molar refractivity (Wildman–Crippen MR) is 31.9 cm³/mol. The minimum Gasteiger partial charge on any atom is -0.321 e. The second-order valence-corrected chi connectivity index (χ2v) is 2.38. The van der Waals surface area contributed by atoms with E-state index in [0.717, 1.165) is 0 Å². The third-order valence-electron chi connectivity index (χ3n) is 0.960. The molecule has 0 rings (SSSR count). The van der Waals surface area contributed by atoms with Gasteiger partial charge in [-0.05, 0) is 6.42 Å². The average Bonchev–Trinajstić information content (AvgIpc) is 1.76. The summed E-state index contributed by atoms with van der Waals surface area (Å²) in [5, 5.41) is 0.